The number of rotatable bonds is 2. The van der Waals surface area contributed by atoms with Gasteiger partial charge in [-0.2, -0.15) is 10.2 Å². The molecule has 2 aromatic rings. The third kappa shape index (κ3) is 3.48. The summed E-state index contributed by atoms with van der Waals surface area (Å²) in [5.41, 5.74) is 1.94. The normalized spacial score (nSPS) is 9.75. The second-order valence-corrected chi connectivity index (χ2v) is 3.26. The van der Waals surface area contributed by atoms with Crippen molar-refractivity contribution in [3.05, 3.63) is 35.9 Å². The van der Waals surface area contributed by atoms with Gasteiger partial charge in [0.1, 0.15) is 13.5 Å². The van der Waals surface area contributed by atoms with E-state index in [0.29, 0.717) is 0 Å². The number of nitrogens with zero attached hydrogens (tertiary/aromatic N) is 4. The van der Waals surface area contributed by atoms with Crippen LogP contribution < -0.4 is 0 Å². The minimum Gasteiger partial charge on any atom is -0.374 e. The topological polar surface area (TPSA) is 76.1 Å². The van der Waals surface area contributed by atoms with Gasteiger partial charge in [-0.3, -0.25) is 0 Å². The summed E-state index contributed by atoms with van der Waals surface area (Å²) >= 11 is 0. The van der Waals surface area contributed by atoms with Gasteiger partial charge in [-0.15, -0.1) is 0 Å². The van der Waals surface area contributed by atoms with Gasteiger partial charge in [0.05, 0.1) is 5.69 Å². The first-order valence-electron chi connectivity index (χ1n) is 4.87. The zero-order valence-corrected chi connectivity index (χ0v) is 9.41. The molecule has 2 N–H and O–H groups in total. The van der Waals surface area contributed by atoms with Gasteiger partial charge in [0.15, 0.2) is 0 Å². The highest BCUT2D eigenvalue weighted by Gasteiger charge is 1.95. The molecule has 0 atom stereocenters. The van der Waals surface area contributed by atoms with Crippen LogP contribution in [0.2, 0.25) is 0 Å². The van der Waals surface area contributed by atoms with E-state index in [4.69, 9.17) is 10.2 Å². The van der Waals surface area contributed by atoms with Gasteiger partial charge < -0.3 is 10.2 Å². The maximum absolute atomic E-state index is 8.63. The summed E-state index contributed by atoms with van der Waals surface area (Å²) in [6.07, 6.45) is 3.32. The Kier molecular flexibility index (Phi) is 4.68. The molecule has 0 amide bonds. The average Bonchev–Trinajstić information content (AvgIpc) is 2.88. The van der Waals surface area contributed by atoms with Crippen molar-refractivity contribution in [3.8, 4) is 0 Å². The molecule has 0 unspecified atom stereocenters. The smallest absolute Gasteiger partial charge is 0.136 e. The third-order valence-electron chi connectivity index (χ3n) is 1.94. The van der Waals surface area contributed by atoms with Gasteiger partial charge in [-0.1, -0.05) is 0 Å². The average molecular weight is 224 g/mol. The van der Waals surface area contributed by atoms with Crippen LogP contribution in [-0.2, 0) is 13.5 Å². The predicted octanol–water partition coefficient (Wildman–Crippen LogP) is 0.283. The molecule has 2 heterocycles. The first-order valence-corrected chi connectivity index (χ1v) is 4.87. The maximum atomic E-state index is 8.63. The fourth-order valence-electron chi connectivity index (χ4n) is 1.20. The van der Waals surface area contributed by atoms with Gasteiger partial charge >= 0.3 is 0 Å². The third-order valence-corrected chi connectivity index (χ3v) is 1.94. The van der Waals surface area contributed by atoms with E-state index in [-0.39, 0.29) is 13.5 Å². The molecule has 2 aromatic heterocycles. The van der Waals surface area contributed by atoms with Crippen molar-refractivity contribution < 1.29 is 10.2 Å². The van der Waals surface area contributed by atoms with Crippen LogP contribution in [0.5, 0.6) is 0 Å². The molecule has 0 aliphatic carbocycles. The summed E-state index contributed by atoms with van der Waals surface area (Å²) < 4.78 is 2.98. The fourth-order valence-corrected chi connectivity index (χ4v) is 1.20. The van der Waals surface area contributed by atoms with E-state index in [2.05, 4.69) is 10.2 Å². The molecule has 6 heteroatoms. The SMILES string of the molecule is Cc1cc(C)n(CO)n1.OCn1cccn1. The van der Waals surface area contributed by atoms with Crippen molar-refractivity contribution in [1.29, 1.82) is 0 Å². The van der Waals surface area contributed by atoms with Gasteiger partial charge in [0, 0.05) is 18.1 Å². The van der Waals surface area contributed by atoms with Crippen molar-refractivity contribution >= 4 is 0 Å². The molecule has 0 fully saturated rings. The predicted molar refractivity (Wildman–Crippen MR) is 58.4 cm³/mol. The molecule has 0 saturated carbocycles. The Morgan fingerprint density at radius 2 is 2.00 bits per heavy atom. The van der Waals surface area contributed by atoms with Crippen LogP contribution in [0.25, 0.3) is 0 Å². The summed E-state index contributed by atoms with van der Waals surface area (Å²) in [7, 11) is 0. The Morgan fingerprint density at radius 1 is 1.25 bits per heavy atom. The number of aliphatic hydroxyl groups is 2. The van der Waals surface area contributed by atoms with Crippen LogP contribution >= 0.6 is 0 Å². The van der Waals surface area contributed by atoms with Crippen LogP contribution in [0.15, 0.2) is 24.5 Å². The number of aryl methyl sites for hydroxylation is 2. The fraction of sp³-hybridized carbons (Fsp3) is 0.400. The first kappa shape index (κ1) is 12.4. The maximum Gasteiger partial charge on any atom is 0.136 e. The van der Waals surface area contributed by atoms with E-state index in [1.54, 1.807) is 23.1 Å². The summed E-state index contributed by atoms with van der Waals surface area (Å²) in [6, 6.07) is 3.69. The van der Waals surface area contributed by atoms with Gasteiger partial charge in [0.25, 0.3) is 0 Å². The molecule has 16 heavy (non-hydrogen) atoms. The Balaban J connectivity index is 0.000000165. The van der Waals surface area contributed by atoms with Gasteiger partial charge in [-0.25, -0.2) is 9.36 Å². The molecule has 0 aromatic carbocycles. The summed E-state index contributed by atoms with van der Waals surface area (Å²) in [6.45, 7) is 3.75. The lowest BCUT2D eigenvalue weighted by Crippen LogP contribution is -2.00. The van der Waals surface area contributed by atoms with E-state index in [9.17, 15) is 0 Å². The molecule has 0 radical (unpaired) electrons. The zero-order chi connectivity index (χ0) is 12.0. The number of aromatic nitrogens is 4. The van der Waals surface area contributed by atoms with E-state index in [1.165, 1.54) is 4.68 Å². The Morgan fingerprint density at radius 3 is 2.25 bits per heavy atom. The highest BCUT2D eigenvalue weighted by atomic mass is 16.3. The van der Waals surface area contributed by atoms with E-state index >= 15 is 0 Å². The van der Waals surface area contributed by atoms with Crippen LogP contribution in [-0.4, -0.2) is 29.8 Å². The molecule has 0 saturated heterocycles. The van der Waals surface area contributed by atoms with E-state index in [1.807, 2.05) is 19.9 Å². The van der Waals surface area contributed by atoms with Crippen molar-refractivity contribution in [3.63, 3.8) is 0 Å². The van der Waals surface area contributed by atoms with E-state index < -0.39 is 0 Å². The second-order valence-electron chi connectivity index (χ2n) is 3.26. The molecular weight excluding hydrogens is 208 g/mol. The number of hydrogen-bond donors (Lipinski definition) is 2. The Bertz CT molecular complexity index is 408. The lowest BCUT2D eigenvalue weighted by Gasteiger charge is -1.94. The molecule has 0 spiro atoms. The van der Waals surface area contributed by atoms with Crippen LogP contribution in [0.3, 0.4) is 0 Å². The second kappa shape index (κ2) is 6.04. The van der Waals surface area contributed by atoms with Crippen molar-refractivity contribution in [1.82, 2.24) is 19.6 Å². The van der Waals surface area contributed by atoms with Crippen molar-refractivity contribution in [2.24, 2.45) is 0 Å². The Labute approximate surface area is 93.8 Å². The first-order chi connectivity index (χ1) is 7.67. The summed E-state index contributed by atoms with van der Waals surface area (Å²) in [5, 5.41) is 24.7. The quantitative estimate of drug-likeness (QED) is 0.768. The van der Waals surface area contributed by atoms with Crippen LogP contribution in [0.4, 0.5) is 0 Å². The monoisotopic (exact) mass is 224 g/mol. The van der Waals surface area contributed by atoms with Crippen LogP contribution in [0, 0.1) is 13.8 Å². The summed E-state index contributed by atoms with van der Waals surface area (Å²) in [4.78, 5) is 0. The summed E-state index contributed by atoms with van der Waals surface area (Å²) in [5.74, 6) is 0. The largest absolute Gasteiger partial charge is 0.374 e. The molecule has 0 aliphatic rings. The Hall–Kier alpha value is -1.66. The molecule has 0 aliphatic heterocycles. The van der Waals surface area contributed by atoms with Gasteiger partial charge in [-0.05, 0) is 26.0 Å². The minimum atomic E-state index is -0.0347. The number of hydrogen-bond acceptors (Lipinski definition) is 4. The van der Waals surface area contributed by atoms with Gasteiger partial charge in [0.2, 0.25) is 0 Å². The van der Waals surface area contributed by atoms with E-state index in [0.717, 1.165) is 11.4 Å². The minimum absolute atomic E-state index is 0.0281. The highest BCUT2D eigenvalue weighted by Crippen LogP contribution is 1.99. The molecule has 88 valence electrons. The molecular formula is C10H16N4O2. The standard InChI is InChI=1S/C6H10N2O.C4H6N2O/c1-5-3-6(2)8(4-9)7-5;7-4-6-3-1-2-5-6/h3,9H,4H2,1-2H3;1-3,7H,4H2. The van der Waals surface area contributed by atoms with Crippen molar-refractivity contribution in [2.75, 3.05) is 0 Å². The van der Waals surface area contributed by atoms with Crippen molar-refractivity contribution in [2.45, 2.75) is 27.3 Å². The lowest BCUT2D eigenvalue weighted by molar-refractivity contribution is 0.192. The lowest BCUT2D eigenvalue weighted by atomic mass is 10.4. The van der Waals surface area contributed by atoms with Crippen LogP contribution in [0.1, 0.15) is 11.4 Å². The zero-order valence-electron chi connectivity index (χ0n) is 9.41. The molecule has 0 bridgehead atoms. The highest BCUT2D eigenvalue weighted by molar-refractivity contribution is 5.05. The molecule has 6 nitrogen and oxygen atoms in total. The molecule has 2 rings (SSSR count). The number of aliphatic hydroxyl groups excluding tert-OH is 2.